The Bertz CT molecular complexity index is 776. The van der Waals surface area contributed by atoms with Gasteiger partial charge in [0.05, 0.1) is 12.9 Å². The maximum absolute atomic E-state index is 11.3. The first kappa shape index (κ1) is 15.7. The van der Waals surface area contributed by atoms with E-state index in [2.05, 4.69) is 4.98 Å². The highest BCUT2D eigenvalue weighted by atomic mass is 17.0. The van der Waals surface area contributed by atoms with Crippen LogP contribution in [0.5, 0.6) is 0 Å². The fourth-order valence-electron chi connectivity index (χ4n) is 2.85. The molecule has 24 heavy (non-hydrogen) atoms. The van der Waals surface area contributed by atoms with E-state index in [0.29, 0.717) is 6.42 Å². The summed E-state index contributed by atoms with van der Waals surface area (Å²) in [6.45, 7) is 0.285. The summed E-state index contributed by atoms with van der Waals surface area (Å²) in [5.74, 6) is 0. The first-order chi connectivity index (χ1) is 11.7. The van der Waals surface area contributed by atoms with Crippen LogP contribution in [0.2, 0.25) is 0 Å². The summed E-state index contributed by atoms with van der Waals surface area (Å²) in [5, 5.41) is 10.5. The van der Waals surface area contributed by atoms with Crippen molar-refractivity contribution in [3.63, 3.8) is 0 Å². The predicted octanol–water partition coefficient (Wildman–Crippen LogP) is 3.23. The van der Waals surface area contributed by atoms with E-state index in [4.69, 9.17) is 4.84 Å². The van der Waals surface area contributed by atoms with Gasteiger partial charge in [0.25, 0.3) is 5.09 Å². The summed E-state index contributed by atoms with van der Waals surface area (Å²) in [7, 11) is 0. The van der Waals surface area contributed by atoms with E-state index in [1.54, 1.807) is 23.3 Å². The normalized spacial score (nSPS) is 13.2. The summed E-state index contributed by atoms with van der Waals surface area (Å²) < 4.78 is 1.79. The topological polar surface area (TPSA) is 70.2 Å². The van der Waals surface area contributed by atoms with Crippen LogP contribution in [0.25, 0.3) is 0 Å². The van der Waals surface area contributed by atoms with Gasteiger partial charge in [-0.3, -0.25) is 0 Å². The van der Waals surface area contributed by atoms with Gasteiger partial charge in [-0.25, -0.2) is 4.98 Å². The third-order valence-corrected chi connectivity index (χ3v) is 3.88. The average Bonchev–Trinajstić information content (AvgIpc) is 3.09. The van der Waals surface area contributed by atoms with Gasteiger partial charge in [-0.05, 0) is 11.1 Å². The van der Waals surface area contributed by atoms with Gasteiger partial charge in [-0.15, -0.1) is 10.1 Å². The van der Waals surface area contributed by atoms with E-state index in [1.807, 2.05) is 60.7 Å². The summed E-state index contributed by atoms with van der Waals surface area (Å²) in [5.41, 5.74) is 0.579. The second-order valence-electron chi connectivity index (χ2n) is 5.57. The Morgan fingerprint density at radius 3 is 2.33 bits per heavy atom. The lowest BCUT2D eigenvalue weighted by molar-refractivity contribution is -0.785. The molecule has 1 unspecified atom stereocenters. The maximum atomic E-state index is 11.3. The monoisotopic (exact) mass is 323 g/mol. The van der Waals surface area contributed by atoms with Gasteiger partial charge < -0.3 is 9.40 Å². The van der Waals surface area contributed by atoms with Crippen LogP contribution >= 0.6 is 0 Å². The van der Waals surface area contributed by atoms with Gasteiger partial charge in [-0.1, -0.05) is 60.7 Å². The van der Waals surface area contributed by atoms with E-state index in [9.17, 15) is 10.1 Å². The van der Waals surface area contributed by atoms with Crippen molar-refractivity contribution in [2.24, 2.45) is 0 Å². The molecule has 0 spiro atoms. The van der Waals surface area contributed by atoms with Crippen LogP contribution in [0.4, 0.5) is 0 Å². The minimum absolute atomic E-state index is 0.285. The van der Waals surface area contributed by atoms with E-state index >= 15 is 0 Å². The molecule has 122 valence electrons. The van der Waals surface area contributed by atoms with Crippen molar-refractivity contribution in [3.05, 3.63) is 101 Å². The number of rotatable bonds is 7. The highest BCUT2D eigenvalue weighted by Crippen LogP contribution is 2.32. The average molecular weight is 323 g/mol. The molecular formula is C18H17N3O3. The fraction of sp³-hybridized carbons (Fsp3) is 0.167. The minimum Gasteiger partial charge on any atom is -0.335 e. The standard InChI is InChI=1S/C18H17N3O3/c22-21(23)24-18(14-20-12-11-19-15-20,17-9-5-2-6-10-17)13-16-7-3-1-4-8-16/h1-12,15H,13-14H2. The molecule has 6 heteroatoms. The summed E-state index contributed by atoms with van der Waals surface area (Å²) in [4.78, 5) is 20.6. The summed E-state index contributed by atoms with van der Waals surface area (Å²) in [6, 6.07) is 18.9. The number of hydrogen-bond donors (Lipinski definition) is 0. The molecule has 0 saturated heterocycles. The Hall–Kier alpha value is -3.15. The number of benzene rings is 2. The number of hydrogen-bond acceptors (Lipinski definition) is 4. The Kier molecular flexibility index (Phi) is 4.56. The predicted molar refractivity (Wildman–Crippen MR) is 88.6 cm³/mol. The van der Waals surface area contributed by atoms with E-state index in [1.165, 1.54) is 0 Å². The first-order valence-corrected chi connectivity index (χ1v) is 7.57. The van der Waals surface area contributed by atoms with Crippen LogP contribution in [0, 0.1) is 10.1 Å². The zero-order chi connectivity index (χ0) is 16.8. The largest absolute Gasteiger partial charge is 0.335 e. The molecule has 1 aromatic heterocycles. The lowest BCUT2D eigenvalue weighted by Crippen LogP contribution is -2.39. The third kappa shape index (κ3) is 3.60. The van der Waals surface area contributed by atoms with Gasteiger partial charge >= 0.3 is 0 Å². The molecule has 0 aliphatic heterocycles. The van der Waals surface area contributed by atoms with Gasteiger partial charge in [0.1, 0.15) is 0 Å². The lowest BCUT2D eigenvalue weighted by atomic mass is 9.87. The molecular weight excluding hydrogens is 306 g/mol. The molecule has 3 aromatic rings. The van der Waals surface area contributed by atoms with Gasteiger partial charge in [0.15, 0.2) is 5.60 Å². The maximum Gasteiger partial charge on any atom is 0.295 e. The molecule has 2 aromatic carbocycles. The second kappa shape index (κ2) is 6.95. The Balaban J connectivity index is 2.06. The third-order valence-electron chi connectivity index (χ3n) is 3.88. The molecule has 0 bridgehead atoms. The first-order valence-electron chi connectivity index (χ1n) is 7.57. The SMILES string of the molecule is O=[N+]([O-])OC(Cc1ccccc1)(Cn1ccnc1)c1ccccc1. The fourth-order valence-corrected chi connectivity index (χ4v) is 2.85. The van der Waals surface area contributed by atoms with Crippen LogP contribution in [0.3, 0.4) is 0 Å². The smallest absolute Gasteiger partial charge is 0.295 e. The van der Waals surface area contributed by atoms with Crippen molar-refractivity contribution >= 4 is 0 Å². The van der Waals surface area contributed by atoms with Crippen molar-refractivity contribution in [1.82, 2.24) is 9.55 Å². The number of imidazole rings is 1. The van der Waals surface area contributed by atoms with Crippen LogP contribution in [0.15, 0.2) is 79.4 Å². The van der Waals surface area contributed by atoms with Crippen molar-refractivity contribution < 1.29 is 9.92 Å². The highest BCUT2D eigenvalue weighted by Gasteiger charge is 2.37. The molecule has 0 amide bonds. The molecule has 0 fully saturated rings. The van der Waals surface area contributed by atoms with E-state index in [-0.39, 0.29) is 6.54 Å². The lowest BCUT2D eigenvalue weighted by Gasteiger charge is -2.32. The second-order valence-corrected chi connectivity index (χ2v) is 5.57. The summed E-state index contributed by atoms with van der Waals surface area (Å²) >= 11 is 0. The molecule has 0 aliphatic carbocycles. The van der Waals surface area contributed by atoms with Crippen molar-refractivity contribution in [2.45, 2.75) is 18.6 Å². The van der Waals surface area contributed by atoms with Crippen molar-refractivity contribution in [1.29, 1.82) is 0 Å². The van der Waals surface area contributed by atoms with Crippen LogP contribution in [-0.2, 0) is 23.4 Å². The van der Waals surface area contributed by atoms with Crippen molar-refractivity contribution in [2.75, 3.05) is 0 Å². The van der Waals surface area contributed by atoms with Gasteiger partial charge in [0, 0.05) is 18.8 Å². The van der Waals surface area contributed by atoms with Crippen LogP contribution < -0.4 is 0 Å². The van der Waals surface area contributed by atoms with E-state index in [0.717, 1.165) is 11.1 Å². The molecule has 1 heterocycles. The molecule has 0 N–H and O–H groups in total. The Morgan fingerprint density at radius 2 is 1.75 bits per heavy atom. The quantitative estimate of drug-likeness (QED) is 0.494. The number of nitrogens with zero attached hydrogens (tertiary/aromatic N) is 3. The molecule has 3 rings (SSSR count). The Labute approximate surface area is 139 Å². The molecule has 0 aliphatic rings. The van der Waals surface area contributed by atoms with Crippen LogP contribution in [0.1, 0.15) is 11.1 Å². The zero-order valence-electron chi connectivity index (χ0n) is 13.0. The Morgan fingerprint density at radius 1 is 1.08 bits per heavy atom. The molecule has 1 atom stereocenters. The van der Waals surface area contributed by atoms with E-state index < -0.39 is 10.7 Å². The molecule has 0 radical (unpaired) electrons. The number of aromatic nitrogens is 2. The minimum atomic E-state index is -1.13. The zero-order valence-corrected chi connectivity index (χ0v) is 13.0. The van der Waals surface area contributed by atoms with Gasteiger partial charge in [0.2, 0.25) is 0 Å². The van der Waals surface area contributed by atoms with Crippen LogP contribution in [-0.4, -0.2) is 14.6 Å². The van der Waals surface area contributed by atoms with Gasteiger partial charge in [-0.2, -0.15) is 0 Å². The highest BCUT2D eigenvalue weighted by molar-refractivity contribution is 5.27. The van der Waals surface area contributed by atoms with Crippen molar-refractivity contribution in [3.8, 4) is 0 Å². The molecule has 0 saturated carbocycles. The summed E-state index contributed by atoms with van der Waals surface area (Å²) in [6.07, 6.45) is 5.42. The molecule has 6 nitrogen and oxygen atoms in total.